The first-order valence-electron chi connectivity index (χ1n) is 8.89. The maximum atomic E-state index is 12.7. The number of carboxylic acid groups (broad SMARTS) is 1. The molecule has 0 fully saturated rings. The lowest BCUT2D eigenvalue weighted by Crippen LogP contribution is -2.33. The van der Waals surface area contributed by atoms with Crippen LogP contribution in [0, 0.1) is 0 Å². The third kappa shape index (κ3) is 3.15. The number of aliphatic carboxylic acids is 1. The van der Waals surface area contributed by atoms with Crippen molar-refractivity contribution < 1.29 is 19.1 Å². The number of hydrogen-bond donors (Lipinski definition) is 2. The summed E-state index contributed by atoms with van der Waals surface area (Å²) in [6.45, 7) is 1.71. The van der Waals surface area contributed by atoms with Crippen LogP contribution in [-0.2, 0) is 9.59 Å². The number of carbonyl (C=O) groups excluding carboxylic acids is 1. The molecule has 4 rings (SSSR count). The second-order valence-electron chi connectivity index (χ2n) is 6.90. The molecule has 1 atom stereocenters. The zero-order valence-electron chi connectivity index (χ0n) is 15.0. The van der Waals surface area contributed by atoms with Gasteiger partial charge < -0.3 is 14.8 Å². The highest BCUT2D eigenvalue weighted by atomic mass is 35.5. The molecule has 0 radical (unpaired) electrons. The van der Waals surface area contributed by atoms with E-state index < -0.39 is 11.9 Å². The van der Waals surface area contributed by atoms with Crippen LogP contribution in [0.1, 0.15) is 37.9 Å². The van der Waals surface area contributed by atoms with Gasteiger partial charge in [-0.05, 0) is 50.1 Å². The van der Waals surface area contributed by atoms with E-state index in [0.29, 0.717) is 51.2 Å². The average molecular weight is 418 g/mol. The average Bonchev–Trinajstić information content (AvgIpc) is 3.12. The smallest absolute Gasteiger partial charge is 0.334 e. The maximum absolute atomic E-state index is 12.7. The summed E-state index contributed by atoms with van der Waals surface area (Å²) in [5, 5.41) is 13.9. The van der Waals surface area contributed by atoms with Gasteiger partial charge in [0.15, 0.2) is 5.78 Å². The molecule has 5 nitrogen and oxygen atoms in total. The van der Waals surface area contributed by atoms with Crippen molar-refractivity contribution in [2.75, 3.05) is 0 Å². The summed E-state index contributed by atoms with van der Waals surface area (Å²) in [7, 11) is 0. The zero-order valence-corrected chi connectivity index (χ0v) is 16.5. The molecule has 1 aliphatic carbocycles. The van der Waals surface area contributed by atoms with Crippen LogP contribution in [0.2, 0.25) is 10.0 Å². The largest absolute Gasteiger partial charge is 0.478 e. The quantitative estimate of drug-likeness (QED) is 0.707. The van der Waals surface area contributed by atoms with Gasteiger partial charge in [-0.25, -0.2) is 4.79 Å². The Bertz CT molecular complexity index is 1060. The van der Waals surface area contributed by atoms with Crippen LogP contribution in [0.4, 0.5) is 0 Å². The van der Waals surface area contributed by atoms with Crippen LogP contribution >= 0.6 is 23.2 Å². The number of furan rings is 1. The first-order chi connectivity index (χ1) is 13.4. The molecule has 0 amide bonds. The molecule has 0 saturated carbocycles. The van der Waals surface area contributed by atoms with Crippen molar-refractivity contribution in [3.05, 3.63) is 68.7 Å². The lowest BCUT2D eigenvalue weighted by molar-refractivity contribution is -0.133. The third-order valence-corrected chi connectivity index (χ3v) is 5.68. The van der Waals surface area contributed by atoms with E-state index in [1.54, 1.807) is 37.3 Å². The zero-order chi connectivity index (χ0) is 20.0. The van der Waals surface area contributed by atoms with E-state index >= 15 is 0 Å². The predicted molar refractivity (Wildman–Crippen MR) is 106 cm³/mol. The second-order valence-corrected chi connectivity index (χ2v) is 7.74. The first kappa shape index (κ1) is 18.8. The SMILES string of the molecule is CC1=C(C(=O)O)C(c2ccc(-c3cc(Cl)ccc3Cl)o2)C2=C(CCCC2=O)N1. The third-order valence-electron chi connectivity index (χ3n) is 5.11. The molecule has 28 heavy (non-hydrogen) atoms. The molecule has 2 N–H and O–H groups in total. The molecule has 7 heteroatoms. The lowest BCUT2D eigenvalue weighted by Gasteiger charge is -2.32. The normalized spacial score (nSPS) is 19.5. The Balaban J connectivity index is 1.85. The van der Waals surface area contributed by atoms with Gasteiger partial charge >= 0.3 is 5.97 Å². The highest BCUT2D eigenvalue weighted by molar-refractivity contribution is 6.35. The Morgan fingerprint density at radius 1 is 1.21 bits per heavy atom. The molecular weight excluding hydrogens is 401 g/mol. The van der Waals surface area contributed by atoms with Crippen molar-refractivity contribution in [3.8, 4) is 11.3 Å². The van der Waals surface area contributed by atoms with E-state index in [9.17, 15) is 14.7 Å². The summed E-state index contributed by atoms with van der Waals surface area (Å²) in [6, 6.07) is 8.45. The van der Waals surface area contributed by atoms with Crippen molar-refractivity contribution in [1.29, 1.82) is 0 Å². The minimum absolute atomic E-state index is 0.0521. The number of carbonyl (C=O) groups is 2. The number of ketones is 1. The van der Waals surface area contributed by atoms with Crippen LogP contribution < -0.4 is 5.32 Å². The second kappa shape index (κ2) is 7.15. The van der Waals surface area contributed by atoms with E-state index in [2.05, 4.69) is 5.32 Å². The number of rotatable bonds is 3. The highest BCUT2D eigenvalue weighted by Gasteiger charge is 2.40. The summed E-state index contributed by atoms with van der Waals surface area (Å²) in [4.78, 5) is 24.7. The molecule has 0 bridgehead atoms. The number of halogens is 2. The highest BCUT2D eigenvalue weighted by Crippen LogP contribution is 2.44. The molecule has 1 unspecified atom stereocenters. The fourth-order valence-electron chi connectivity index (χ4n) is 3.89. The van der Waals surface area contributed by atoms with Gasteiger partial charge in [0, 0.05) is 34.0 Å². The molecule has 2 aromatic rings. The summed E-state index contributed by atoms with van der Waals surface area (Å²) in [6.07, 6.45) is 1.85. The first-order valence-corrected chi connectivity index (χ1v) is 9.65. The van der Waals surface area contributed by atoms with Gasteiger partial charge in [-0.1, -0.05) is 23.2 Å². The molecule has 0 saturated heterocycles. The summed E-state index contributed by atoms with van der Waals surface area (Å²) in [5.41, 5.74) is 2.50. The molecule has 1 aromatic carbocycles. The van der Waals surface area contributed by atoms with Gasteiger partial charge in [0.1, 0.15) is 11.5 Å². The van der Waals surface area contributed by atoms with Crippen molar-refractivity contribution in [1.82, 2.24) is 5.32 Å². The van der Waals surface area contributed by atoms with Gasteiger partial charge in [-0.3, -0.25) is 4.79 Å². The number of Topliss-reactive ketones (excluding diaryl/α,β-unsaturated/α-hetero) is 1. The minimum Gasteiger partial charge on any atom is -0.478 e. The fraction of sp³-hybridized carbons (Fsp3) is 0.238. The number of carboxylic acids is 1. The van der Waals surface area contributed by atoms with Crippen LogP contribution in [0.25, 0.3) is 11.3 Å². The van der Waals surface area contributed by atoms with Crippen molar-refractivity contribution in [2.45, 2.75) is 32.1 Å². The number of nitrogens with one attached hydrogen (secondary N) is 1. The summed E-state index contributed by atoms with van der Waals surface area (Å²) < 4.78 is 6.02. The van der Waals surface area contributed by atoms with Gasteiger partial charge in [0.2, 0.25) is 0 Å². The summed E-state index contributed by atoms with van der Waals surface area (Å²) >= 11 is 12.3. The monoisotopic (exact) mass is 417 g/mol. The number of hydrogen-bond acceptors (Lipinski definition) is 4. The molecular formula is C21H17Cl2NO4. The Kier molecular flexibility index (Phi) is 4.81. The Hall–Kier alpha value is -2.50. The molecule has 1 aromatic heterocycles. The lowest BCUT2D eigenvalue weighted by atomic mass is 9.77. The van der Waals surface area contributed by atoms with Crippen molar-refractivity contribution in [2.24, 2.45) is 0 Å². The molecule has 2 heterocycles. The fourth-order valence-corrected chi connectivity index (χ4v) is 4.27. The van der Waals surface area contributed by atoms with Crippen molar-refractivity contribution in [3.63, 3.8) is 0 Å². The van der Waals surface area contributed by atoms with E-state index in [0.717, 1.165) is 12.1 Å². The maximum Gasteiger partial charge on any atom is 0.334 e. The van der Waals surface area contributed by atoms with E-state index in [1.165, 1.54) is 0 Å². The number of dihydropyridines is 1. The van der Waals surface area contributed by atoms with E-state index in [-0.39, 0.29) is 11.4 Å². The van der Waals surface area contributed by atoms with Crippen LogP contribution in [-0.4, -0.2) is 16.9 Å². The molecule has 144 valence electrons. The van der Waals surface area contributed by atoms with Crippen molar-refractivity contribution >= 4 is 35.0 Å². The van der Waals surface area contributed by atoms with E-state index in [4.69, 9.17) is 27.6 Å². The van der Waals surface area contributed by atoms with E-state index in [1.807, 2.05) is 0 Å². The Labute approximate surface area is 171 Å². The molecule has 2 aliphatic rings. The van der Waals surface area contributed by atoms with Gasteiger partial charge in [-0.15, -0.1) is 0 Å². The summed E-state index contributed by atoms with van der Waals surface area (Å²) in [5.74, 6) is -1.03. The van der Waals surface area contributed by atoms with Gasteiger partial charge in [0.05, 0.1) is 16.5 Å². The van der Waals surface area contributed by atoms with Crippen LogP contribution in [0.5, 0.6) is 0 Å². The Morgan fingerprint density at radius 3 is 2.75 bits per heavy atom. The number of allylic oxidation sites excluding steroid dienone is 3. The molecule has 0 spiro atoms. The minimum atomic E-state index is -1.08. The standard InChI is InChI=1S/C21H17Cl2NO4/c1-10-18(21(26)27)20(19-14(24-10)3-2-4-15(19)25)17-8-7-16(28-17)12-9-11(22)5-6-13(12)23/h5-9,20,24H,2-4H2,1H3,(H,26,27). The molecule has 1 aliphatic heterocycles. The Morgan fingerprint density at radius 2 is 2.00 bits per heavy atom. The van der Waals surface area contributed by atoms with Crippen LogP contribution in [0.3, 0.4) is 0 Å². The van der Waals surface area contributed by atoms with Crippen LogP contribution in [0.15, 0.2) is 57.3 Å². The number of benzene rings is 1. The predicted octanol–water partition coefficient (Wildman–Crippen LogP) is 5.31. The van der Waals surface area contributed by atoms with Gasteiger partial charge in [0.25, 0.3) is 0 Å². The van der Waals surface area contributed by atoms with Gasteiger partial charge in [-0.2, -0.15) is 0 Å². The topological polar surface area (TPSA) is 79.5 Å².